The lowest BCUT2D eigenvalue weighted by atomic mass is 9.79. The molecule has 0 saturated heterocycles. The second-order valence-electron chi connectivity index (χ2n) is 5.27. The van der Waals surface area contributed by atoms with Gasteiger partial charge in [0.2, 0.25) is 0 Å². The first kappa shape index (κ1) is 15.4. The van der Waals surface area contributed by atoms with Gasteiger partial charge >= 0.3 is 0 Å². The van der Waals surface area contributed by atoms with Gasteiger partial charge in [0.05, 0.1) is 0 Å². The lowest BCUT2D eigenvalue weighted by Gasteiger charge is -2.27. The van der Waals surface area contributed by atoms with E-state index in [4.69, 9.17) is 10.6 Å². The summed E-state index contributed by atoms with van der Waals surface area (Å²) in [5.74, 6) is 6.24. The standard InChI is InChI=1S/C15H22F2N2O/c16-15(17)10-20-8-7-14(19-18)13-6-2-5-12(9-13)11-3-1-4-11/h2,5-6,9,11,14-15,19H,1,3-4,7-8,10,18H2. The van der Waals surface area contributed by atoms with Crippen LogP contribution in [0.4, 0.5) is 8.78 Å². The monoisotopic (exact) mass is 284 g/mol. The van der Waals surface area contributed by atoms with Crippen molar-refractivity contribution >= 4 is 0 Å². The van der Waals surface area contributed by atoms with Crippen LogP contribution in [0.2, 0.25) is 0 Å². The minimum atomic E-state index is -2.42. The second kappa shape index (κ2) is 7.67. The van der Waals surface area contributed by atoms with E-state index in [1.54, 1.807) is 0 Å². The minimum absolute atomic E-state index is 0.0623. The molecule has 2 rings (SSSR count). The van der Waals surface area contributed by atoms with Gasteiger partial charge in [-0.1, -0.05) is 30.7 Å². The Balaban J connectivity index is 1.89. The molecule has 1 aliphatic carbocycles. The average molecular weight is 284 g/mol. The summed E-state index contributed by atoms with van der Waals surface area (Å²) < 4.78 is 28.9. The highest BCUT2D eigenvalue weighted by atomic mass is 19.3. The summed E-state index contributed by atoms with van der Waals surface area (Å²) in [5.41, 5.74) is 5.19. The van der Waals surface area contributed by atoms with Crippen LogP contribution < -0.4 is 11.3 Å². The molecule has 0 spiro atoms. The topological polar surface area (TPSA) is 47.3 Å². The van der Waals surface area contributed by atoms with Crippen molar-refractivity contribution in [1.82, 2.24) is 5.43 Å². The van der Waals surface area contributed by atoms with Crippen LogP contribution in [-0.4, -0.2) is 19.6 Å². The van der Waals surface area contributed by atoms with E-state index in [-0.39, 0.29) is 12.6 Å². The fraction of sp³-hybridized carbons (Fsp3) is 0.600. The van der Waals surface area contributed by atoms with Crippen molar-refractivity contribution in [1.29, 1.82) is 0 Å². The summed E-state index contributed by atoms with van der Waals surface area (Å²) in [5, 5.41) is 0. The van der Waals surface area contributed by atoms with Crippen LogP contribution in [0.15, 0.2) is 24.3 Å². The van der Waals surface area contributed by atoms with Gasteiger partial charge in [-0.25, -0.2) is 8.78 Å². The molecule has 0 aliphatic heterocycles. The van der Waals surface area contributed by atoms with Gasteiger partial charge in [-0.3, -0.25) is 11.3 Å². The minimum Gasteiger partial charge on any atom is -0.375 e. The number of nitrogens with two attached hydrogens (primary N) is 1. The fourth-order valence-corrected chi connectivity index (χ4v) is 2.49. The number of rotatable bonds is 8. The van der Waals surface area contributed by atoms with E-state index < -0.39 is 13.0 Å². The van der Waals surface area contributed by atoms with Gasteiger partial charge in [-0.05, 0) is 36.3 Å². The van der Waals surface area contributed by atoms with E-state index in [0.717, 1.165) is 5.56 Å². The highest BCUT2D eigenvalue weighted by Crippen LogP contribution is 2.37. The molecule has 3 N–H and O–H groups in total. The summed E-state index contributed by atoms with van der Waals surface area (Å²) >= 11 is 0. The molecule has 1 aliphatic rings. The third-order valence-electron chi connectivity index (χ3n) is 3.89. The molecule has 1 atom stereocenters. The van der Waals surface area contributed by atoms with Crippen LogP contribution in [0.25, 0.3) is 0 Å². The summed E-state index contributed by atoms with van der Waals surface area (Å²) in [4.78, 5) is 0. The Morgan fingerprint density at radius 3 is 2.75 bits per heavy atom. The first-order valence-electron chi connectivity index (χ1n) is 7.12. The van der Waals surface area contributed by atoms with Crippen molar-refractivity contribution in [2.75, 3.05) is 13.2 Å². The lowest BCUT2D eigenvalue weighted by molar-refractivity contribution is 0.0143. The van der Waals surface area contributed by atoms with Crippen LogP contribution >= 0.6 is 0 Å². The molecule has 0 amide bonds. The molecule has 1 unspecified atom stereocenters. The molecule has 0 heterocycles. The zero-order chi connectivity index (χ0) is 14.4. The Bertz CT molecular complexity index is 411. The first-order chi connectivity index (χ1) is 9.70. The van der Waals surface area contributed by atoms with Crippen LogP contribution in [0, 0.1) is 0 Å². The van der Waals surface area contributed by atoms with Gasteiger partial charge in [0.25, 0.3) is 6.43 Å². The van der Waals surface area contributed by atoms with E-state index >= 15 is 0 Å². The Labute approximate surface area is 118 Å². The van der Waals surface area contributed by atoms with E-state index in [9.17, 15) is 8.78 Å². The lowest BCUT2D eigenvalue weighted by Crippen LogP contribution is -2.29. The summed E-state index contributed by atoms with van der Waals surface area (Å²) in [6.07, 6.45) is 1.97. The highest BCUT2D eigenvalue weighted by Gasteiger charge is 2.20. The molecular weight excluding hydrogens is 262 g/mol. The van der Waals surface area contributed by atoms with Crippen LogP contribution in [0.1, 0.15) is 48.8 Å². The first-order valence-corrected chi connectivity index (χ1v) is 7.12. The molecule has 3 nitrogen and oxygen atoms in total. The third-order valence-corrected chi connectivity index (χ3v) is 3.89. The number of hydrogen-bond acceptors (Lipinski definition) is 3. The maximum absolute atomic E-state index is 12.0. The van der Waals surface area contributed by atoms with E-state index in [0.29, 0.717) is 12.3 Å². The number of hydrogen-bond donors (Lipinski definition) is 2. The molecule has 1 fully saturated rings. The predicted molar refractivity (Wildman–Crippen MR) is 74.5 cm³/mol. The van der Waals surface area contributed by atoms with Crippen LogP contribution in [-0.2, 0) is 4.74 Å². The van der Waals surface area contributed by atoms with E-state index in [1.165, 1.54) is 24.8 Å². The number of nitrogens with one attached hydrogen (secondary N) is 1. The van der Waals surface area contributed by atoms with Crippen molar-refractivity contribution in [2.24, 2.45) is 5.84 Å². The highest BCUT2D eigenvalue weighted by molar-refractivity contribution is 5.29. The maximum Gasteiger partial charge on any atom is 0.261 e. The maximum atomic E-state index is 12.0. The Morgan fingerprint density at radius 2 is 2.15 bits per heavy atom. The molecule has 1 aromatic carbocycles. The Morgan fingerprint density at radius 1 is 1.35 bits per heavy atom. The van der Waals surface area contributed by atoms with Gasteiger partial charge in [0.1, 0.15) is 6.61 Å². The Hall–Kier alpha value is -1.04. The summed E-state index contributed by atoms with van der Waals surface area (Å²) in [7, 11) is 0. The van der Waals surface area contributed by atoms with Crippen molar-refractivity contribution < 1.29 is 13.5 Å². The summed E-state index contributed by atoms with van der Waals surface area (Å²) in [6, 6.07) is 8.30. The third kappa shape index (κ3) is 4.23. The number of benzene rings is 1. The fourth-order valence-electron chi connectivity index (χ4n) is 2.49. The van der Waals surface area contributed by atoms with E-state index in [1.807, 2.05) is 12.1 Å². The van der Waals surface area contributed by atoms with Gasteiger partial charge in [-0.2, -0.15) is 0 Å². The number of halogens is 2. The zero-order valence-electron chi connectivity index (χ0n) is 11.5. The average Bonchev–Trinajstić information content (AvgIpc) is 2.37. The van der Waals surface area contributed by atoms with Gasteiger partial charge < -0.3 is 4.74 Å². The molecule has 1 aromatic rings. The van der Waals surface area contributed by atoms with Crippen molar-refractivity contribution in [2.45, 2.75) is 44.1 Å². The molecule has 0 aromatic heterocycles. The molecule has 5 heteroatoms. The van der Waals surface area contributed by atoms with Crippen LogP contribution in [0.5, 0.6) is 0 Å². The van der Waals surface area contributed by atoms with Crippen LogP contribution in [0.3, 0.4) is 0 Å². The van der Waals surface area contributed by atoms with Gasteiger partial charge in [0.15, 0.2) is 0 Å². The van der Waals surface area contributed by atoms with Crippen molar-refractivity contribution in [3.63, 3.8) is 0 Å². The normalized spacial score (nSPS) is 17.2. The quantitative estimate of drug-likeness (QED) is 0.438. The largest absolute Gasteiger partial charge is 0.375 e. The summed E-state index contributed by atoms with van der Waals surface area (Å²) in [6.45, 7) is -0.244. The number of ether oxygens (including phenoxy) is 1. The van der Waals surface area contributed by atoms with E-state index in [2.05, 4.69) is 17.6 Å². The Kier molecular flexibility index (Phi) is 5.88. The molecule has 20 heavy (non-hydrogen) atoms. The predicted octanol–water partition coefficient (Wildman–Crippen LogP) is 3.13. The molecule has 0 radical (unpaired) electrons. The number of alkyl halides is 2. The molecule has 112 valence electrons. The number of hydrazine groups is 1. The molecule has 0 bridgehead atoms. The second-order valence-corrected chi connectivity index (χ2v) is 5.27. The van der Waals surface area contributed by atoms with Gasteiger partial charge in [0, 0.05) is 12.6 Å². The van der Waals surface area contributed by atoms with Crippen molar-refractivity contribution in [3.8, 4) is 0 Å². The van der Waals surface area contributed by atoms with Crippen molar-refractivity contribution in [3.05, 3.63) is 35.4 Å². The molecule has 1 saturated carbocycles. The van der Waals surface area contributed by atoms with Gasteiger partial charge in [-0.15, -0.1) is 0 Å². The zero-order valence-corrected chi connectivity index (χ0v) is 11.5. The smallest absolute Gasteiger partial charge is 0.261 e. The molecular formula is C15H22F2N2O. The SMILES string of the molecule is NNC(CCOCC(F)F)c1cccc(C2CCC2)c1.